The van der Waals surface area contributed by atoms with Crippen molar-refractivity contribution >= 4 is 28.5 Å². The van der Waals surface area contributed by atoms with Gasteiger partial charge in [-0.15, -0.1) is 0 Å². The Balaban J connectivity index is 1.68. The van der Waals surface area contributed by atoms with Gasteiger partial charge in [-0.25, -0.2) is 8.78 Å². The molecule has 37 heavy (non-hydrogen) atoms. The molecule has 1 aromatic heterocycles. The number of aromatic amines is 1. The molecule has 0 aliphatic carbocycles. The number of nitrogens with one attached hydrogen (secondary N) is 3. The van der Waals surface area contributed by atoms with Crippen LogP contribution in [0.4, 0.5) is 8.78 Å². The smallest absolute Gasteiger partial charge is 0.242 e. The summed E-state index contributed by atoms with van der Waals surface area (Å²) in [6, 6.07) is 7.89. The Morgan fingerprint density at radius 3 is 2.54 bits per heavy atom. The molecule has 7 nitrogen and oxygen atoms in total. The standard InChI is InChI=1S/C28H33F2N3O4/c1-17(34)7-5-4-6-8-26(28(36)31-16-19-9-10-20(29)13-24(19)30)33-27(35)15-22-18(2)32-25-12-11-21(37-3)14-23(22)25/h9-14,26,32H,4-8,15-16H2,1-3H3,(H,31,36)(H,33,35)/t26-/m0/s1. The van der Waals surface area contributed by atoms with Crippen molar-refractivity contribution in [3.05, 3.63) is 64.9 Å². The van der Waals surface area contributed by atoms with Crippen LogP contribution in [0.5, 0.6) is 5.75 Å². The molecule has 0 saturated heterocycles. The predicted molar refractivity (Wildman–Crippen MR) is 137 cm³/mol. The minimum absolute atomic E-state index is 0.0553. The van der Waals surface area contributed by atoms with Crippen LogP contribution in [0.15, 0.2) is 36.4 Å². The number of Topliss-reactive ketones (excluding diaryl/α,β-unsaturated/α-hetero) is 1. The molecule has 1 atom stereocenters. The van der Waals surface area contributed by atoms with Crippen molar-refractivity contribution in [1.29, 1.82) is 0 Å². The van der Waals surface area contributed by atoms with Gasteiger partial charge in [0.15, 0.2) is 0 Å². The number of amides is 2. The van der Waals surface area contributed by atoms with Gasteiger partial charge in [0.1, 0.15) is 29.2 Å². The monoisotopic (exact) mass is 513 g/mol. The molecule has 0 fully saturated rings. The first-order chi connectivity index (χ1) is 17.7. The van der Waals surface area contributed by atoms with E-state index >= 15 is 0 Å². The molecular weight excluding hydrogens is 480 g/mol. The minimum Gasteiger partial charge on any atom is -0.497 e. The summed E-state index contributed by atoms with van der Waals surface area (Å²) in [5.41, 5.74) is 2.67. The highest BCUT2D eigenvalue weighted by molar-refractivity contribution is 5.93. The fourth-order valence-electron chi connectivity index (χ4n) is 4.26. The van der Waals surface area contributed by atoms with E-state index in [-0.39, 0.29) is 30.2 Å². The van der Waals surface area contributed by atoms with E-state index in [0.717, 1.165) is 40.7 Å². The van der Waals surface area contributed by atoms with E-state index in [0.29, 0.717) is 31.4 Å². The number of methoxy groups -OCH3 is 1. The molecule has 1 heterocycles. The van der Waals surface area contributed by atoms with Crippen LogP contribution in [0.25, 0.3) is 10.9 Å². The molecule has 0 spiro atoms. The van der Waals surface area contributed by atoms with Gasteiger partial charge in [0, 0.05) is 41.2 Å². The molecular formula is C28H33F2N3O4. The van der Waals surface area contributed by atoms with Crippen LogP contribution in [-0.2, 0) is 27.3 Å². The van der Waals surface area contributed by atoms with Crippen LogP contribution >= 0.6 is 0 Å². The van der Waals surface area contributed by atoms with Crippen molar-refractivity contribution in [3.63, 3.8) is 0 Å². The lowest BCUT2D eigenvalue weighted by Gasteiger charge is -2.19. The van der Waals surface area contributed by atoms with Crippen LogP contribution in [-0.4, -0.2) is 35.7 Å². The number of halogens is 2. The Morgan fingerprint density at radius 2 is 1.84 bits per heavy atom. The Hall–Kier alpha value is -3.75. The van der Waals surface area contributed by atoms with E-state index in [1.807, 2.05) is 25.1 Å². The van der Waals surface area contributed by atoms with Gasteiger partial charge in [-0.3, -0.25) is 9.59 Å². The predicted octanol–water partition coefficient (Wildman–Crippen LogP) is 4.65. The van der Waals surface area contributed by atoms with Crippen LogP contribution in [0.3, 0.4) is 0 Å². The average molecular weight is 514 g/mol. The second-order valence-corrected chi connectivity index (χ2v) is 9.19. The van der Waals surface area contributed by atoms with Crippen molar-refractivity contribution in [3.8, 4) is 5.75 Å². The molecule has 0 aliphatic heterocycles. The number of ketones is 1. The van der Waals surface area contributed by atoms with Gasteiger partial charge >= 0.3 is 0 Å². The third kappa shape index (κ3) is 7.87. The van der Waals surface area contributed by atoms with Crippen molar-refractivity contribution < 1.29 is 27.9 Å². The number of carbonyl (C=O) groups is 3. The fourth-order valence-corrected chi connectivity index (χ4v) is 4.26. The number of H-pyrrole nitrogens is 1. The molecule has 198 valence electrons. The summed E-state index contributed by atoms with van der Waals surface area (Å²) >= 11 is 0. The molecule has 0 saturated carbocycles. The lowest BCUT2D eigenvalue weighted by atomic mass is 10.0. The number of rotatable bonds is 13. The maximum Gasteiger partial charge on any atom is 0.242 e. The van der Waals surface area contributed by atoms with Crippen molar-refractivity contribution in [2.45, 2.75) is 65.0 Å². The summed E-state index contributed by atoms with van der Waals surface area (Å²) in [6.07, 6.45) is 2.94. The zero-order chi connectivity index (χ0) is 26.9. The van der Waals surface area contributed by atoms with Crippen molar-refractivity contribution in [2.24, 2.45) is 0 Å². The molecule has 0 aliphatic rings. The Labute approximate surface area is 215 Å². The van der Waals surface area contributed by atoms with E-state index in [9.17, 15) is 23.2 Å². The maximum atomic E-state index is 14.0. The zero-order valence-corrected chi connectivity index (χ0v) is 21.4. The topological polar surface area (TPSA) is 100 Å². The van der Waals surface area contributed by atoms with E-state index in [1.54, 1.807) is 7.11 Å². The van der Waals surface area contributed by atoms with Crippen LogP contribution in [0, 0.1) is 18.6 Å². The Kier molecular flexibility index (Phi) is 9.77. The molecule has 0 radical (unpaired) electrons. The Bertz CT molecular complexity index is 1270. The number of carbonyl (C=O) groups excluding carboxylic acids is 3. The first kappa shape index (κ1) is 27.8. The lowest BCUT2D eigenvalue weighted by molar-refractivity contribution is -0.129. The van der Waals surface area contributed by atoms with Gasteiger partial charge < -0.3 is 25.1 Å². The molecule has 3 aromatic rings. The van der Waals surface area contributed by atoms with Crippen molar-refractivity contribution in [2.75, 3.05) is 7.11 Å². The minimum atomic E-state index is -0.839. The van der Waals surface area contributed by atoms with Crippen LogP contribution in [0.1, 0.15) is 55.8 Å². The molecule has 2 amide bonds. The van der Waals surface area contributed by atoms with E-state index in [1.165, 1.54) is 13.0 Å². The number of unbranched alkanes of at least 4 members (excludes halogenated alkanes) is 2. The molecule has 3 N–H and O–H groups in total. The molecule has 9 heteroatoms. The van der Waals surface area contributed by atoms with Crippen LogP contribution < -0.4 is 15.4 Å². The second kappa shape index (κ2) is 13.0. The summed E-state index contributed by atoms with van der Waals surface area (Å²) in [4.78, 5) is 40.5. The second-order valence-electron chi connectivity index (χ2n) is 9.19. The van der Waals surface area contributed by atoms with Gasteiger partial charge in [-0.2, -0.15) is 0 Å². The molecule has 0 unspecified atom stereocenters. The number of fused-ring (bicyclic) bond motifs is 1. The summed E-state index contributed by atoms with van der Waals surface area (Å²) in [6.45, 7) is 3.28. The van der Waals surface area contributed by atoms with Gasteiger partial charge in [-0.05, 0) is 56.5 Å². The molecule has 3 rings (SSSR count). The lowest BCUT2D eigenvalue weighted by Crippen LogP contribution is -2.47. The summed E-state index contributed by atoms with van der Waals surface area (Å²) in [5.74, 6) is -1.47. The third-order valence-corrected chi connectivity index (χ3v) is 6.31. The average Bonchev–Trinajstić information content (AvgIpc) is 3.16. The first-order valence-corrected chi connectivity index (χ1v) is 12.3. The SMILES string of the molecule is COc1ccc2[nH]c(C)c(CC(=O)N[C@@H](CCCCCC(C)=O)C(=O)NCc3ccc(F)cc3F)c2c1. The summed E-state index contributed by atoms with van der Waals surface area (Å²) in [7, 11) is 1.57. The number of benzene rings is 2. The largest absolute Gasteiger partial charge is 0.497 e. The van der Waals surface area contributed by atoms with E-state index < -0.39 is 23.6 Å². The van der Waals surface area contributed by atoms with Gasteiger partial charge in [0.2, 0.25) is 11.8 Å². The number of hydrogen-bond acceptors (Lipinski definition) is 4. The van der Waals surface area contributed by atoms with E-state index in [2.05, 4.69) is 15.6 Å². The number of aromatic nitrogens is 1. The fraction of sp³-hybridized carbons (Fsp3) is 0.393. The highest BCUT2D eigenvalue weighted by Gasteiger charge is 2.22. The maximum absolute atomic E-state index is 14.0. The molecule has 0 bridgehead atoms. The third-order valence-electron chi connectivity index (χ3n) is 6.31. The van der Waals surface area contributed by atoms with E-state index in [4.69, 9.17) is 4.74 Å². The highest BCUT2D eigenvalue weighted by atomic mass is 19.1. The first-order valence-electron chi connectivity index (χ1n) is 12.3. The van der Waals surface area contributed by atoms with Crippen LogP contribution in [0.2, 0.25) is 0 Å². The zero-order valence-electron chi connectivity index (χ0n) is 21.4. The number of hydrogen-bond donors (Lipinski definition) is 3. The van der Waals surface area contributed by atoms with Gasteiger partial charge in [-0.1, -0.05) is 18.9 Å². The summed E-state index contributed by atoms with van der Waals surface area (Å²) in [5, 5.41) is 6.33. The quantitative estimate of drug-likeness (QED) is 0.290. The number of aryl methyl sites for hydroxylation is 1. The normalized spacial score (nSPS) is 11.8. The van der Waals surface area contributed by atoms with Crippen molar-refractivity contribution in [1.82, 2.24) is 15.6 Å². The molecule has 2 aromatic carbocycles. The highest BCUT2D eigenvalue weighted by Crippen LogP contribution is 2.26. The number of ether oxygens (including phenoxy) is 1. The summed E-state index contributed by atoms with van der Waals surface area (Å²) < 4.78 is 32.5. The van der Waals surface area contributed by atoms with Gasteiger partial charge in [0.05, 0.1) is 13.5 Å². The Morgan fingerprint density at radius 1 is 1.05 bits per heavy atom. The van der Waals surface area contributed by atoms with Gasteiger partial charge in [0.25, 0.3) is 0 Å².